The standard InChI is InChI=1S/C14H28N2O2S/c1-3-14(4-2)12-16(8-9-19(14,17)18)11-13-6-5-7-15-10-13/h13,15H,3-12H2,1-2H3. The summed E-state index contributed by atoms with van der Waals surface area (Å²) in [4.78, 5) is 2.39. The molecule has 1 N–H and O–H groups in total. The van der Waals surface area contributed by atoms with Crippen molar-refractivity contribution in [1.29, 1.82) is 0 Å². The number of sulfone groups is 1. The van der Waals surface area contributed by atoms with E-state index in [1.807, 2.05) is 13.8 Å². The minimum Gasteiger partial charge on any atom is -0.316 e. The first-order chi connectivity index (χ1) is 9.03. The van der Waals surface area contributed by atoms with E-state index in [0.29, 0.717) is 11.7 Å². The second-order valence-electron chi connectivity index (χ2n) is 6.16. The number of nitrogens with one attached hydrogen (secondary N) is 1. The highest BCUT2D eigenvalue weighted by molar-refractivity contribution is 7.92. The van der Waals surface area contributed by atoms with Gasteiger partial charge in [-0.25, -0.2) is 8.42 Å². The first-order valence-electron chi connectivity index (χ1n) is 7.68. The fraction of sp³-hybridized carbons (Fsp3) is 1.00. The van der Waals surface area contributed by atoms with Crippen LogP contribution in [0.15, 0.2) is 0 Å². The summed E-state index contributed by atoms with van der Waals surface area (Å²) in [7, 11) is -2.92. The molecule has 1 unspecified atom stereocenters. The van der Waals surface area contributed by atoms with Gasteiger partial charge >= 0.3 is 0 Å². The summed E-state index contributed by atoms with van der Waals surface area (Å²) >= 11 is 0. The molecule has 0 saturated carbocycles. The second-order valence-corrected chi connectivity index (χ2v) is 8.66. The maximum atomic E-state index is 12.4. The normalized spacial score (nSPS) is 31.2. The molecule has 2 rings (SSSR count). The van der Waals surface area contributed by atoms with Crippen LogP contribution in [0.2, 0.25) is 0 Å². The Bertz CT molecular complexity index is 384. The highest BCUT2D eigenvalue weighted by atomic mass is 32.2. The van der Waals surface area contributed by atoms with Crippen LogP contribution in [0.1, 0.15) is 39.5 Å². The molecule has 2 heterocycles. The minimum absolute atomic E-state index is 0.342. The van der Waals surface area contributed by atoms with Crippen LogP contribution in [0.25, 0.3) is 0 Å². The number of hydrogen-bond acceptors (Lipinski definition) is 4. The van der Waals surface area contributed by atoms with Gasteiger partial charge in [-0.3, -0.25) is 0 Å². The van der Waals surface area contributed by atoms with Gasteiger partial charge in [0.15, 0.2) is 9.84 Å². The fourth-order valence-electron chi connectivity index (χ4n) is 3.56. The van der Waals surface area contributed by atoms with Gasteiger partial charge in [-0.15, -0.1) is 0 Å². The van der Waals surface area contributed by atoms with E-state index in [1.54, 1.807) is 0 Å². The molecule has 0 radical (unpaired) electrons. The van der Waals surface area contributed by atoms with Gasteiger partial charge in [-0.1, -0.05) is 13.8 Å². The molecule has 2 fully saturated rings. The lowest BCUT2D eigenvalue weighted by Gasteiger charge is -2.42. The highest BCUT2D eigenvalue weighted by Gasteiger charge is 2.45. The van der Waals surface area contributed by atoms with Gasteiger partial charge < -0.3 is 10.2 Å². The highest BCUT2D eigenvalue weighted by Crippen LogP contribution is 2.32. The van der Waals surface area contributed by atoms with Crippen molar-refractivity contribution in [1.82, 2.24) is 10.2 Å². The maximum absolute atomic E-state index is 12.4. The van der Waals surface area contributed by atoms with Crippen LogP contribution in [0, 0.1) is 5.92 Å². The first kappa shape index (κ1) is 15.3. The summed E-state index contributed by atoms with van der Waals surface area (Å²) in [5.41, 5.74) is 0. The molecule has 112 valence electrons. The molecule has 0 aromatic rings. The number of nitrogens with zero attached hydrogens (tertiary/aromatic N) is 1. The predicted octanol–water partition coefficient (Wildman–Crippen LogP) is 1.28. The molecule has 1 atom stereocenters. The molecule has 4 nitrogen and oxygen atoms in total. The summed E-state index contributed by atoms with van der Waals surface area (Å²) < 4.78 is 24.2. The zero-order chi connectivity index (χ0) is 13.9. The average Bonchev–Trinajstić information content (AvgIpc) is 2.42. The Morgan fingerprint density at radius 2 is 2.05 bits per heavy atom. The molecule has 0 bridgehead atoms. The van der Waals surface area contributed by atoms with Crippen molar-refractivity contribution in [3.63, 3.8) is 0 Å². The largest absolute Gasteiger partial charge is 0.316 e. The third-order valence-corrected chi connectivity index (χ3v) is 7.80. The Kier molecular flexibility index (Phi) is 4.90. The van der Waals surface area contributed by atoms with Crippen molar-refractivity contribution in [3.05, 3.63) is 0 Å². The van der Waals surface area contributed by atoms with Gasteiger partial charge in [0.1, 0.15) is 0 Å². The predicted molar refractivity (Wildman–Crippen MR) is 79.1 cm³/mol. The monoisotopic (exact) mass is 288 g/mol. The van der Waals surface area contributed by atoms with Crippen molar-refractivity contribution < 1.29 is 8.42 Å². The van der Waals surface area contributed by atoms with Crippen molar-refractivity contribution in [2.45, 2.75) is 44.3 Å². The Labute approximate surface area is 117 Å². The van der Waals surface area contributed by atoms with E-state index in [2.05, 4.69) is 10.2 Å². The van der Waals surface area contributed by atoms with Crippen LogP contribution in [-0.2, 0) is 9.84 Å². The van der Waals surface area contributed by atoms with Crippen LogP contribution in [0.4, 0.5) is 0 Å². The van der Waals surface area contributed by atoms with E-state index >= 15 is 0 Å². The summed E-state index contributed by atoms with van der Waals surface area (Å²) in [6, 6.07) is 0. The van der Waals surface area contributed by atoms with Crippen molar-refractivity contribution >= 4 is 9.84 Å². The summed E-state index contributed by atoms with van der Waals surface area (Å²) in [6.45, 7) is 8.79. The van der Waals surface area contributed by atoms with Gasteiger partial charge in [-0.2, -0.15) is 0 Å². The van der Waals surface area contributed by atoms with Gasteiger partial charge in [-0.05, 0) is 44.7 Å². The quantitative estimate of drug-likeness (QED) is 0.846. The Morgan fingerprint density at radius 3 is 2.63 bits per heavy atom. The molecule has 2 aliphatic rings. The molecule has 0 aliphatic carbocycles. The molecule has 0 amide bonds. The second kappa shape index (κ2) is 6.10. The molecule has 2 aliphatic heterocycles. The van der Waals surface area contributed by atoms with Gasteiger partial charge in [0, 0.05) is 19.6 Å². The van der Waals surface area contributed by atoms with E-state index in [1.165, 1.54) is 12.8 Å². The summed E-state index contributed by atoms with van der Waals surface area (Å²) in [5, 5.41) is 3.44. The Morgan fingerprint density at radius 1 is 1.32 bits per heavy atom. The third kappa shape index (κ3) is 3.14. The smallest absolute Gasteiger partial charge is 0.158 e. The zero-order valence-corrected chi connectivity index (χ0v) is 13.1. The van der Waals surface area contributed by atoms with Crippen molar-refractivity contribution in [2.75, 3.05) is 38.5 Å². The average molecular weight is 288 g/mol. The minimum atomic E-state index is -2.92. The van der Waals surface area contributed by atoms with Crippen LogP contribution >= 0.6 is 0 Å². The van der Waals surface area contributed by atoms with E-state index in [-0.39, 0.29) is 0 Å². The third-order valence-electron chi connectivity index (χ3n) is 5.05. The first-order valence-corrected chi connectivity index (χ1v) is 9.33. The molecule has 2 saturated heterocycles. The molecule has 5 heteroatoms. The summed E-state index contributed by atoms with van der Waals surface area (Å²) in [5.74, 6) is 1.04. The van der Waals surface area contributed by atoms with Crippen molar-refractivity contribution in [3.8, 4) is 0 Å². The van der Waals surface area contributed by atoms with Gasteiger partial charge in [0.25, 0.3) is 0 Å². The van der Waals surface area contributed by atoms with Crippen LogP contribution in [0.5, 0.6) is 0 Å². The maximum Gasteiger partial charge on any atom is 0.158 e. The molecule has 0 aromatic heterocycles. The molecular formula is C14H28N2O2S. The van der Waals surface area contributed by atoms with E-state index in [0.717, 1.165) is 45.6 Å². The lowest BCUT2D eigenvalue weighted by atomic mass is 9.96. The van der Waals surface area contributed by atoms with Gasteiger partial charge in [0.05, 0.1) is 10.5 Å². The van der Waals surface area contributed by atoms with Gasteiger partial charge in [0.2, 0.25) is 0 Å². The Balaban J connectivity index is 2.01. The number of hydrogen-bond donors (Lipinski definition) is 1. The molecular weight excluding hydrogens is 260 g/mol. The van der Waals surface area contributed by atoms with E-state index in [4.69, 9.17) is 0 Å². The van der Waals surface area contributed by atoms with Crippen LogP contribution < -0.4 is 5.32 Å². The van der Waals surface area contributed by atoms with Crippen molar-refractivity contribution in [2.24, 2.45) is 5.92 Å². The lowest BCUT2D eigenvalue weighted by molar-refractivity contribution is 0.182. The molecule has 0 spiro atoms. The SMILES string of the molecule is CCC1(CC)CN(CC2CCCNC2)CCS1(=O)=O. The van der Waals surface area contributed by atoms with Crippen LogP contribution in [0.3, 0.4) is 0 Å². The summed E-state index contributed by atoms with van der Waals surface area (Å²) in [6.07, 6.45) is 4.02. The fourth-order valence-corrected chi connectivity index (χ4v) is 5.76. The van der Waals surface area contributed by atoms with Crippen LogP contribution in [-0.4, -0.2) is 56.5 Å². The zero-order valence-electron chi connectivity index (χ0n) is 12.3. The van der Waals surface area contributed by atoms with E-state index in [9.17, 15) is 8.42 Å². The molecule has 0 aromatic carbocycles. The van der Waals surface area contributed by atoms with E-state index < -0.39 is 14.6 Å². The molecule has 19 heavy (non-hydrogen) atoms. The lowest BCUT2D eigenvalue weighted by Crippen LogP contribution is -2.57. The Hall–Kier alpha value is -0.130. The topological polar surface area (TPSA) is 49.4 Å². The number of rotatable bonds is 4. The number of piperidine rings is 1.